The fraction of sp³-hybridized carbons (Fsp3) is 0.217. The largest absolute Gasteiger partial charge is 0.502 e. The molecular formula is C23H23N3O3. The van der Waals surface area contributed by atoms with Crippen molar-refractivity contribution in [2.75, 3.05) is 11.7 Å². The molecule has 0 aliphatic carbocycles. The highest BCUT2D eigenvalue weighted by atomic mass is 16.3. The molecule has 1 aliphatic rings. The van der Waals surface area contributed by atoms with E-state index in [2.05, 4.69) is 0 Å². The van der Waals surface area contributed by atoms with Gasteiger partial charge in [0.25, 0.3) is 5.91 Å². The summed E-state index contributed by atoms with van der Waals surface area (Å²) in [6.07, 6.45) is 1.56. The van der Waals surface area contributed by atoms with Crippen LogP contribution in [0.15, 0.2) is 77.7 Å². The van der Waals surface area contributed by atoms with Crippen LogP contribution in [0.3, 0.4) is 0 Å². The quantitative estimate of drug-likeness (QED) is 0.745. The summed E-state index contributed by atoms with van der Waals surface area (Å²) >= 11 is 0. The lowest BCUT2D eigenvalue weighted by Crippen LogP contribution is -2.57. The smallest absolute Gasteiger partial charge is 0.278 e. The molecule has 0 saturated carbocycles. The molecule has 1 aliphatic heterocycles. The van der Waals surface area contributed by atoms with Gasteiger partial charge < -0.3 is 10.0 Å². The van der Waals surface area contributed by atoms with Crippen LogP contribution in [0.25, 0.3) is 0 Å². The summed E-state index contributed by atoms with van der Waals surface area (Å²) in [6, 6.07) is 21.0. The highest BCUT2D eigenvalue weighted by Crippen LogP contribution is 2.32. The van der Waals surface area contributed by atoms with Crippen LogP contribution < -0.4 is 10.4 Å². The first-order valence-electron chi connectivity index (χ1n) is 9.61. The number of carbonyl (C=O) groups is 1. The van der Waals surface area contributed by atoms with E-state index < -0.39 is 11.2 Å². The topological polar surface area (TPSA) is 65.8 Å². The average Bonchev–Trinajstić information content (AvgIpc) is 2.73. The third-order valence-electron chi connectivity index (χ3n) is 5.24. The van der Waals surface area contributed by atoms with Crippen molar-refractivity contribution in [3.63, 3.8) is 0 Å². The van der Waals surface area contributed by atoms with Gasteiger partial charge in [-0.2, -0.15) is 0 Å². The Morgan fingerprint density at radius 2 is 1.41 bits per heavy atom. The number of rotatable bonds is 4. The maximum absolute atomic E-state index is 13.1. The Balaban J connectivity index is 1.95. The Kier molecular flexibility index (Phi) is 4.84. The van der Waals surface area contributed by atoms with Crippen molar-refractivity contribution in [2.45, 2.75) is 25.9 Å². The summed E-state index contributed by atoms with van der Waals surface area (Å²) in [5.41, 5.74) is 1.52. The predicted molar refractivity (Wildman–Crippen MR) is 111 cm³/mol. The summed E-state index contributed by atoms with van der Waals surface area (Å²) in [5.74, 6) is -0.876. The van der Waals surface area contributed by atoms with E-state index in [0.717, 1.165) is 11.1 Å². The Labute approximate surface area is 169 Å². The van der Waals surface area contributed by atoms with Crippen molar-refractivity contribution in [1.29, 1.82) is 0 Å². The molecule has 0 saturated heterocycles. The number of nitrogens with zero attached hydrogens (tertiary/aromatic N) is 3. The van der Waals surface area contributed by atoms with Crippen molar-refractivity contribution >= 4 is 5.91 Å². The standard InChI is InChI=1S/C23H23N3O3/c1-16(2)24-15-26(25-14-13-19(27)22(28)21(25)23(24)29)20(17-9-5-3-6-10-17)18-11-7-4-8-12-18/h3-14,16,20,28H,15H2,1-2H3. The fourth-order valence-electron chi connectivity index (χ4n) is 3.77. The van der Waals surface area contributed by atoms with E-state index in [0.29, 0.717) is 6.67 Å². The van der Waals surface area contributed by atoms with Gasteiger partial charge in [0, 0.05) is 18.3 Å². The number of amides is 1. The molecule has 2 aromatic carbocycles. The lowest BCUT2D eigenvalue weighted by Gasteiger charge is -2.45. The zero-order valence-electron chi connectivity index (χ0n) is 16.4. The molecule has 0 bridgehead atoms. The van der Waals surface area contributed by atoms with Gasteiger partial charge in [-0.3, -0.25) is 19.3 Å². The van der Waals surface area contributed by atoms with Gasteiger partial charge in [-0.05, 0) is 25.0 Å². The number of aromatic nitrogens is 1. The Bertz CT molecular complexity index is 1040. The first kappa shape index (κ1) is 18.8. The summed E-state index contributed by atoms with van der Waals surface area (Å²) in [5, 5.41) is 12.4. The summed E-state index contributed by atoms with van der Waals surface area (Å²) < 4.78 is 1.61. The summed E-state index contributed by atoms with van der Waals surface area (Å²) in [6.45, 7) is 4.16. The predicted octanol–water partition coefficient (Wildman–Crippen LogP) is 3.10. The number of benzene rings is 2. The molecule has 0 fully saturated rings. The molecule has 2 heterocycles. The maximum atomic E-state index is 13.1. The van der Waals surface area contributed by atoms with E-state index in [1.54, 1.807) is 15.8 Å². The molecule has 1 aromatic heterocycles. The molecule has 1 amide bonds. The molecule has 3 aromatic rings. The van der Waals surface area contributed by atoms with Gasteiger partial charge in [0.2, 0.25) is 5.43 Å². The van der Waals surface area contributed by atoms with Crippen LogP contribution in [-0.2, 0) is 0 Å². The van der Waals surface area contributed by atoms with Crippen LogP contribution in [0, 0.1) is 0 Å². The Hall–Kier alpha value is -3.54. The normalized spacial score (nSPS) is 13.9. The minimum absolute atomic E-state index is 0.00527. The summed E-state index contributed by atoms with van der Waals surface area (Å²) in [7, 11) is 0. The zero-order chi connectivity index (χ0) is 20.5. The van der Waals surface area contributed by atoms with E-state index >= 15 is 0 Å². The number of hydrogen-bond acceptors (Lipinski definition) is 4. The number of carbonyl (C=O) groups excluding carboxylic acids is 1. The summed E-state index contributed by atoms with van der Waals surface area (Å²) in [4.78, 5) is 26.8. The molecule has 0 unspecified atom stereocenters. The van der Waals surface area contributed by atoms with Gasteiger partial charge in [0.15, 0.2) is 11.4 Å². The lowest BCUT2D eigenvalue weighted by molar-refractivity contribution is 0.0621. The van der Waals surface area contributed by atoms with Gasteiger partial charge in [0.1, 0.15) is 6.67 Å². The molecule has 6 heteroatoms. The second-order valence-corrected chi connectivity index (χ2v) is 7.40. The zero-order valence-corrected chi connectivity index (χ0v) is 16.4. The molecule has 0 spiro atoms. The molecule has 1 N–H and O–H groups in total. The average molecular weight is 389 g/mol. The Morgan fingerprint density at radius 1 is 0.862 bits per heavy atom. The molecule has 0 atom stereocenters. The molecule has 29 heavy (non-hydrogen) atoms. The van der Waals surface area contributed by atoms with Crippen molar-refractivity contribution in [3.05, 3.63) is 100.0 Å². The molecule has 4 rings (SSSR count). The van der Waals surface area contributed by atoms with E-state index in [1.165, 1.54) is 6.07 Å². The number of hydrogen-bond donors (Lipinski definition) is 1. The van der Waals surface area contributed by atoms with Gasteiger partial charge in [-0.25, -0.2) is 0 Å². The van der Waals surface area contributed by atoms with E-state index in [-0.39, 0.29) is 23.7 Å². The number of pyridine rings is 1. The van der Waals surface area contributed by atoms with Crippen LogP contribution in [0.5, 0.6) is 5.75 Å². The van der Waals surface area contributed by atoms with Crippen molar-refractivity contribution in [2.24, 2.45) is 0 Å². The van der Waals surface area contributed by atoms with Crippen LogP contribution in [0.2, 0.25) is 0 Å². The van der Waals surface area contributed by atoms with E-state index in [4.69, 9.17) is 0 Å². The molecular weight excluding hydrogens is 366 g/mol. The Morgan fingerprint density at radius 3 is 1.93 bits per heavy atom. The number of aromatic hydroxyl groups is 1. The monoisotopic (exact) mass is 389 g/mol. The van der Waals surface area contributed by atoms with Crippen LogP contribution in [-0.4, -0.2) is 33.3 Å². The second kappa shape index (κ2) is 7.47. The molecule has 0 radical (unpaired) electrons. The minimum Gasteiger partial charge on any atom is -0.502 e. The third-order valence-corrected chi connectivity index (χ3v) is 5.24. The lowest BCUT2D eigenvalue weighted by atomic mass is 9.98. The second-order valence-electron chi connectivity index (χ2n) is 7.40. The first-order valence-corrected chi connectivity index (χ1v) is 9.61. The highest BCUT2D eigenvalue weighted by Gasteiger charge is 2.37. The number of fused-ring (bicyclic) bond motifs is 1. The SMILES string of the molecule is CC(C)N1CN(C(c2ccccc2)c2ccccc2)n2ccc(=O)c(O)c2C1=O. The van der Waals surface area contributed by atoms with Gasteiger partial charge >= 0.3 is 0 Å². The maximum Gasteiger partial charge on any atom is 0.278 e. The fourth-order valence-corrected chi connectivity index (χ4v) is 3.77. The third kappa shape index (κ3) is 3.27. The van der Waals surface area contributed by atoms with Crippen molar-refractivity contribution in [1.82, 2.24) is 9.58 Å². The van der Waals surface area contributed by atoms with Crippen LogP contribution >= 0.6 is 0 Å². The molecule has 6 nitrogen and oxygen atoms in total. The van der Waals surface area contributed by atoms with E-state index in [9.17, 15) is 14.7 Å². The first-order chi connectivity index (χ1) is 14.0. The van der Waals surface area contributed by atoms with Gasteiger partial charge in [-0.1, -0.05) is 60.7 Å². The van der Waals surface area contributed by atoms with Crippen LogP contribution in [0.4, 0.5) is 0 Å². The van der Waals surface area contributed by atoms with Gasteiger partial charge in [-0.15, -0.1) is 0 Å². The van der Waals surface area contributed by atoms with Crippen molar-refractivity contribution < 1.29 is 9.90 Å². The minimum atomic E-state index is -0.564. The molecule has 148 valence electrons. The van der Waals surface area contributed by atoms with Crippen LogP contribution in [0.1, 0.15) is 41.5 Å². The van der Waals surface area contributed by atoms with Gasteiger partial charge in [0.05, 0.1) is 6.04 Å². The van der Waals surface area contributed by atoms with Crippen molar-refractivity contribution in [3.8, 4) is 5.75 Å². The van der Waals surface area contributed by atoms with E-state index in [1.807, 2.05) is 79.5 Å². The highest BCUT2D eigenvalue weighted by molar-refractivity contribution is 5.96.